The largest absolute Gasteiger partial charge is 0.360 e. The van der Waals surface area contributed by atoms with Gasteiger partial charge in [0.2, 0.25) is 0 Å². The Kier molecular flexibility index (Phi) is 5.64. The van der Waals surface area contributed by atoms with E-state index in [-0.39, 0.29) is 5.78 Å². The van der Waals surface area contributed by atoms with E-state index in [1.54, 1.807) is 0 Å². The highest BCUT2D eigenvalue weighted by molar-refractivity contribution is 7.79. The monoisotopic (exact) mass is 397 g/mol. The minimum atomic E-state index is -3.05. The second kappa shape index (κ2) is 8.51. The maximum absolute atomic E-state index is 15.1. The van der Waals surface area contributed by atoms with Crippen LogP contribution >= 0.6 is 7.14 Å². The molecule has 0 saturated carbocycles. The van der Waals surface area contributed by atoms with Crippen molar-refractivity contribution >= 4 is 23.4 Å². The molecular formula is C26H24NOP. The minimum Gasteiger partial charge on any atom is -0.360 e. The van der Waals surface area contributed by atoms with Gasteiger partial charge in [-0.15, -0.1) is 0 Å². The summed E-state index contributed by atoms with van der Waals surface area (Å²) in [6, 6.07) is 40.1. The van der Waals surface area contributed by atoms with Gasteiger partial charge in [-0.2, -0.15) is 0 Å². The molecule has 0 aliphatic rings. The lowest BCUT2D eigenvalue weighted by molar-refractivity contribution is 0.577. The van der Waals surface area contributed by atoms with Crippen LogP contribution in [0.4, 0.5) is 5.69 Å². The van der Waals surface area contributed by atoms with E-state index in [0.717, 1.165) is 21.9 Å². The Morgan fingerprint density at radius 2 is 0.966 bits per heavy atom. The molecule has 0 bridgehead atoms. The molecule has 0 amide bonds. The molecule has 0 spiro atoms. The number of hydrogen-bond acceptors (Lipinski definition) is 2. The van der Waals surface area contributed by atoms with Gasteiger partial charge >= 0.3 is 0 Å². The molecule has 4 rings (SSSR count). The summed E-state index contributed by atoms with van der Waals surface area (Å²) in [6.07, 6.45) is 0. The van der Waals surface area contributed by atoms with Crippen LogP contribution in [0.15, 0.2) is 121 Å². The summed E-state index contributed by atoms with van der Waals surface area (Å²) >= 11 is 0. The molecule has 0 radical (unpaired) electrons. The summed E-state index contributed by atoms with van der Waals surface area (Å²) in [5, 5.41) is 1.73. The molecular weight excluding hydrogens is 373 g/mol. The van der Waals surface area contributed by atoms with Crippen LogP contribution in [0.3, 0.4) is 0 Å². The molecule has 29 heavy (non-hydrogen) atoms. The molecule has 0 fully saturated rings. The molecule has 1 atom stereocenters. The molecule has 0 aliphatic carbocycles. The standard InChI is InChI=1S/C26H24NOP/c1-27(23-16-8-3-9-17-23)26(22-14-6-2-7-15-22)29(28,24-18-10-4-11-19-24)25-20-12-5-13-21-25/h2-21,26H,1H3/t26-/m0/s1. The lowest BCUT2D eigenvalue weighted by Gasteiger charge is -2.37. The normalized spacial score (nSPS) is 12.3. The summed E-state index contributed by atoms with van der Waals surface area (Å²) < 4.78 is 15.1. The first-order valence-corrected chi connectivity index (χ1v) is 11.5. The number of para-hydroxylation sites is 1. The highest BCUT2D eigenvalue weighted by atomic mass is 31.2. The molecule has 0 aromatic heterocycles. The topological polar surface area (TPSA) is 20.3 Å². The van der Waals surface area contributed by atoms with Crippen molar-refractivity contribution in [3.05, 3.63) is 127 Å². The minimum absolute atomic E-state index is 0.323. The van der Waals surface area contributed by atoms with Gasteiger partial charge in [0.05, 0.1) is 0 Å². The molecule has 144 valence electrons. The van der Waals surface area contributed by atoms with E-state index in [1.165, 1.54) is 0 Å². The van der Waals surface area contributed by atoms with Crippen molar-refractivity contribution in [2.75, 3.05) is 11.9 Å². The molecule has 4 aromatic rings. The maximum atomic E-state index is 15.1. The van der Waals surface area contributed by atoms with Crippen LogP contribution in [-0.4, -0.2) is 7.05 Å². The second-order valence-corrected chi connectivity index (χ2v) is 9.90. The highest BCUT2D eigenvalue weighted by Gasteiger charge is 2.40. The number of hydrogen-bond donors (Lipinski definition) is 0. The van der Waals surface area contributed by atoms with Crippen LogP contribution in [0, 0.1) is 0 Å². The Labute approximate surface area is 172 Å². The number of rotatable bonds is 6. The Balaban J connectivity index is 1.98. The summed E-state index contributed by atoms with van der Waals surface area (Å²) in [5.74, 6) is -0.323. The van der Waals surface area contributed by atoms with Gasteiger partial charge in [0.15, 0.2) is 7.14 Å². The van der Waals surface area contributed by atoms with Crippen LogP contribution in [0.1, 0.15) is 11.3 Å². The predicted octanol–water partition coefficient (Wildman–Crippen LogP) is 5.84. The van der Waals surface area contributed by atoms with E-state index in [9.17, 15) is 0 Å². The first-order chi connectivity index (χ1) is 14.2. The smallest absolute Gasteiger partial charge is 0.168 e. The molecule has 4 aromatic carbocycles. The Bertz CT molecular complexity index is 1040. The van der Waals surface area contributed by atoms with Crippen LogP contribution in [0.25, 0.3) is 0 Å². The van der Waals surface area contributed by atoms with Gasteiger partial charge in [0, 0.05) is 23.3 Å². The Morgan fingerprint density at radius 1 is 0.586 bits per heavy atom. The van der Waals surface area contributed by atoms with E-state index >= 15 is 4.57 Å². The molecule has 3 heteroatoms. The average Bonchev–Trinajstić information content (AvgIpc) is 2.81. The molecule has 2 nitrogen and oxygen atoms in total. The van der Waals surface area contributed by atoms with Gasteiger partial charge in [-0.05, 0) is 17.7 Å². The Morgan fingerprint density at radius 3 is 1.41 bits per heavy atom. The Hall–Kier alpha value is -3.09. The SMILES string of the molecule is CN(c1ccccc1)[C@H](c1ccccc1)P(=O)(c1ccccc1)c1ccccc1. The van der Waals surface area contributed by atoms with Crippen molar-refractivity contribution in [1.82, 2.24) is 0 Å². The average molecular weight is 397 g/mol. The molecule has 0 heterocycles. The zero-order valence-corrected chi connectivity index (χ0v) is 17.3. The van der Waals surface area contributed by atoms with Crippen molar-refractivity contribution in [3.8, 4) is 0 Å². The second-order valence-electron chi connectivity index (χ2n) is 7.06. The van der Waals surface area contributed by atoms with Gasteiger partial charge < -0.3 is 9.46 Å². The third kappa shape index (κ3) is 3.77. The van der Waals surface area contributed by atoms with E-state index in [4.69, 9.17) is 0 Å². The molecule has 0 saturated heterocycles. The maximum Gasteiger partial charge on any atom is 0.168 e. The summed E-state index contributed by atoms with van der Waals surface area (Å²) in [6.45, 7) is 0. The number of anilines is 1. The van der Waals surface area contributed by atoms with E-state index in [1.807, 2.05) is 104 Å². The fourth-order valence-corrected chi connectivity index (χ4v) is 7.14. The van der Waals surface area contributed by atoms with Crippen LogP contribution in [-0.2, 0) is 4.57 Å². The van der Waals surface area contributed by atoms with Gasteiger partial charge in [-0.25, -0.2) is 0 Å². The summed E-state index contributed by atoms with van der Waals surface area (Å²) in [5.41, 5.74) is 2.07. The lowest BCUT2D eigenvalue weighted by Crippen LogP contribution is -2.32. The first kappa shape index (κ1) is 19.2. The lowest BCUT2D eigenvalue weighted by atomic mass is 10.2. The van der Waals surface area contributed by atoms with Gasteiger partial charge in [-0.3, -0.25) is 0 Å². The quantitative estimate of drug-likeness (QED) is 0.381. The summed E-state index contributed by atoms with van der Waals surface area (Å²) in [7, 11) is -1.02. The first-order valence-electron chi connectivity index (χ1n) is 9.75. The van der Waals surface area contributed by atoms with Crippen LogP contribution in [0.2, 0.25) is 0 Å². The van der Waals surface area contributed by atoms with E-state index in [2.05, 4.69) is 29.2 Å². The van der Waals surface area contributed by atoms with Gasteiger partial charge in [0.25, 0.3) is 0 Å². The highest BCUT2D eigenvalue weighted by Crippen LogP contribution is 2.58. The zero-order valence-electron chi connectivity index (χ0n) is 16.4. The molecule has 0 N–H and O–H groups in total. The number of benzene rings is 4. The van der Waals surface area contributed by atoms with Crippen molar-refractivity contribution in [2.45, 2.75) is 5.78 Å². The van der Waals surface area contributed by atoms with Crippen LogP contribution < -0.4 is 15.5 Å². The zero-order chi connectivity index (χ0) is 20.1. The fraction of sp³-hybridized carbons (Fsp3) is 0.0769. The third-order valence-corrected chi connectivity index (χ3v) is 8.72. The van der Waals surface area contributed by atoms with Crippen molar-refractivity contribution in [3.63, 3.8) is 0 Å². The van der Waals surface area contributed by atoms with Crippen LogP contribution in [0.5, 0.6) is 0 Å². The third-order valence-electron chi connectivity index (χ3n) is 5.25. The predicted molar refractivity (Wildman–Crippen MR) is 124 cm³/mol. The van der Waals surface area contributed by atoms with Gasteiger partial charge in [0.1, 0.15) is 5.78 Å². The van der Waals surface area contributed by atoms with Crippen molar-refractivity contribution in [1.29, 1.82) is 0 Å². The molecule has 0 aliphatic heterocycles. The summed E-state index contributed by atoms with van der Waals surface area (Å²) in [4.78, 5) is 2.15. The van der Waals surface area contributed by atoms with E-state index < -0.39 is 7.14 Å². The number of nitrogens with zero attached hydrogens (tertiary/aromatic N) is 1. The molecule has 0 unspecified atom stereocenters. The van der Waals surface area contributed by atoms with Crippen molar-refractivity contribution < 1.29 is 4.57 Å². The fourth-order valence-electron chi connectivity index (χ4n) is 3.84. The van der Waals surface area contributed by atoms with E-state index in [0.29, 0.717) is 0 Å². The van der Waals surface area contributed by atoms with Gasteiger partial charge in [-0.1, -0.05) is 109 Å². The van der Waals surface area contributed by atoms with Crippen molar-refractivity contribution in [2.24, 2.45) is 0 Å².